The second-order valence-corrected chi connectivity index (χ2v) is 20.2. The summed E-state index contributed by atoms with van der Waals surface area (Å²) in [7, 11) is 4.29. The molecule has 18 nitrogen and oxygen atoms in total. The molecule has 1 heterocycles. The van der Waals surface area contributed by atoms with Crippen molar-refractivity contribution in [2.75, 3.05) is 34.2 Å². The first kappa shape index (κ1) is 61.0. The van der Waals surface area contributed by atoms with E-state index in [0.717, 1.165) is 0 Å². The summed E-state index contributed by atoms with van der Waals surface area (Å²) in [6.07, 6.45) is 1.50. The molecular weight excluding hydrogens is 877 g/mol. The van der Waals surface area contributed by atoms with Crippen LogP contribution in [0.15, 0.2) is 23.3 Å². The summed E-state index contributed by atoms with van der Waals surface area (Å²) >= 11 is 0. The van der Waals surface area contributed by atoms with Crippen molar-refractivity contribution in [3.05, 3.63) is 23.3 Å². The fourth-order valence-corrected chi connectivity index (χ4v) is 7.54. The van der Waals surface area contributed by atoms with Gasteiger partial charge in [-0.1, -0.05) is 67.5 Å². The van der Waals surface area contributed by atoms with Crippen LogP contribution in [0, 0.1) is 23.7 Å². The smallest absolute Gasteiger partial charge is 0.407 e. The Labute approximate surface area is 406 Å². The number of cyclic esters (lactones) is 2. The molecule has 6 amide bonds. The van der Waals surface area contributed by atoms with Gasteiger partial charge < -0.3 is 50.0 Å². The Morgan fingerprint density at radius 3 is 2.09 bits per heavy atom. The third-order valence-corrected chi connectivity index (χ3v) is 12.2. The first-order chi connectivity index (χ1) is 31.5. The van der Waals surface area contributed by atoms with Crippen LogP contribution in [0.25, 0.3) is 0 Å². The summed E-state index contributed by atoms with van der Waals surface area (Å²) in [5, 5.41) is 19.7. The maximum absolute atomic E-state index is 14.3. The molecule has 0 bridgehead atoms. The summed E-state index contributed by atoms with van der Waals surface area (Å²) in [5.74, 6) is -6.37. The minimum atomic E-state index is -1.29. The van der Waals surface area contributed by atoms with Crippen molar-refractivity contribution in [1.29, 1.82) is 0 Å². The van der Waals surface area contributed by atoms with E-state index in [1.807, 2.05) is 33.8 Å². The van der Waals surface area contributed by atoms with Crippen molar-refractivity contribution in [1.82, 2.24) is 30.7 Å². The van der Waals surface area contributed by atoms with Gasteiger partial charge >= 0.3 is 18.0 Å². The molecule has 0 aromatic rings. The number of nitrogens with zero attached hydrogens (tertiary/aromatic N) is 3. The Balaban J connectivity index is 3.86. The first-order valence-electron chi connectivity index (χ1n) is 24.3. The number of nitrogens with one attached hydrogen (secondary N) is 3. The van der Waals surface area contributed by atoms with Crippen molar-refractivity contribution in [2.45, 2.75) is 190 Å². The van der Waals surface area contributed by atoms with E-state index in [1.54, 1.807) is 55.4 Å². The third kappa shape index (κ3) is 19.5. The highest BCUT2D eigenvalue weighted by atomic mass is 16.6. The van der Waals surface area contributed by atoms with E-state index in [9.17, 15) is 43.5 Å². The molecule has 388 valence electrons. The number of aliphatic hydroxyl groups is 1. The van der Waals surface area contributed by atoms with Crippen molar-refractivity contribution in [2.24, 2.45) is 23.7 Å². The lowest BCUT2D eigenvalue weighted by atomic mass is 9.90. The number of carbonyl (C=O) groups is 8. The fraction of sp³-hybridized carbons (Fsp3) is 0.760. The predicted octanol–water partition coefficient (Wildman–Crippen LogP) is 5.06. The monoisotopic (exact) mass is 963 g/mol. The van der Waals surface area contributed by atoms with Gasteiger partial charge in [0.1, 0.15) is 35.9 Å². The normalized spacial score (nSPS) is 27.0. The first-order valence-corrected chi connectivity index (χ1v) is 24.3. The van der Waals surface area contributed by atoms with Crippen molar-refractivity contribution >= 4 is 47.6 Å². The van der Waals surface area contributed by atoms with E-state index >= 15 is 0 Å². The molecular formula is C50H86N6O12. The van der Waals surface area contributed by atoms with E-state index in [2.05, 4.69) is 16.0 Å². The molecule has 0 aromatic carbocycles. The number of aliphatic hydroxyl groups excluding tert-OH is 1. The van der Waals surface area contributed by atoms with E-state index in [1.165, 1.54) is 55.8 Å². The lowest BCUT2D eigenvalue weighted by Gasteiger charge is -2.35. The molecule has 2 unspecified atom stereocenters. The largest absolute Gasteiger partial charge is 0.456 e. The Hall–Kier alpha value is -5.00. The Kier molecular flexibility index (Phi) is 25.6. The quantitative estimate of drug-likeness (QED) is 0.0871. The number of rotatable bonds is 12. The molecule has 1 aliphatic rings. The molecule has 0 spiro atoms. The molecule has 0 saturated heterocycles. The lowest BCUT2D eigenvalue weighted by molar-refractivity contribution is -0.160. The number of likely N-dealkylation sites (N-methyl/N-ethyl adjacent to an activating group) is 3. The SMILES string of the molecule is CC/C=C(\C)C1OC(=O)[C@H](C)N(C)C(=O)C(CCCCNC(=O)OC(C)(C)C)NC(=O)CN(C)C(=O)[C@@H](CC(C)C)N(C)C(=O)[C@H](C(C)C)NC(=O)[C@@H]([C@@H](C)CC)OC(=O)/C(C)=C/C[C@H](O)[C@@H]1C. The van der Waals surface area contributed by atoms with Crippen LogP contribution in [0.2, 0.25) is 0 Å². The molecule has 1 aliphatic heterocycles. The van der Waals surface area contributed by atoms with Gasteiger partial charge in [0.05, 0.1) is 12.6 Å². The average molecular weight is 963 g/mol. The van der Waals surface area contributed by atoms with E-state index in [-0.39, 0.29) is 37.3 Å². The number of hydrogen-bond acceptors (Lipinski definition) is 12. The number of allylic oxidation sites excluding steroid dienone is 1. The molecule has 0 saturated carbocycles. The van der Waals surface area contributed by atoms with Crippen molar-refractivity contribution in [3.63, 3.8) is 0 Å². The minimum absolute atomic E-state index is 0.0416. The fourth-order valence-electron chi connectivity index (χ4n) is 7.54. The van der Waals surface area contributed by atoms with Crippen LogP contribution in [-0.4, -0.2) is 150 Å². The van der Waals surface area contributed by atoms with E-state index < -0.39 is 120 Å². The zero-order chi connectivity index (χ0) is 52.4. The zero-order valence-electron chi connectivity index (χ0n) is 44.1. The number of unbranched alkanes of at least 4 members (excludes halogenated alkanes) is 1. The van der Waals surface area contributed by atoms with Crippen LogP contribution in [0.5, 0.6) is 0 Å². The highest BCUT2D eigenvalue weighted by Crippen LogP contribution is 2.25. The van der Waals surface area contributed by atoms with Crippen LogP contribution in [0.1, 0.15) is 142 Å². The van der Waals surface area contributed by atoms with E-state index in [4.69, 9.17) is 14.2 Å². The lowest BCUT2D eigenvalue weighted by Crippen LogP contribution is -2.58. The van der Waals surface area contributed by atoms with Gasteiger partial charge in [-0.3, -0.25) is 24.0 Å². The Morgan fingerprint density at radius 2 is 1.54 bits per heavy atom. The molecule has 18 heteroatoms. The molecule has 0 radical (unpaired) electrons. The molecule has 1 rings (SSSR count). The van der Waals surface area contributed by atoms with Gasteiger partial charge in [0.25, 0.3) is 5.91 Å². The Morgan fingerprint density at radius 1 is 0.926 bits per heavy atom. The van der Waals surface area contributed by atoms with Gasteiger partial charge in [0.2, 0.25) is 23.6 Å². The summed E-state index contributed by atoms with van der Waals surface area (Å²) in [6.45, 7) is 24.2. The summed E-state index contributed by atoms with van der Waals surface area (Å²) < 4.78 is 17.2. The van der Waals surface area contributed by atoms with Crippen molar-refractivity contribution in [3.8, 4) is 0 Å². The molecule has 9 atom stereocenters. The van der Waals surface area contributed by atoms with Gasteiger partial charge in [0, 0.05) is 45.1 Å². The maximum Gasteiger partial charge on any atom is 0.407 e. The maximum atomic E-state index is 14.3. The van der Waals surface area contributed by atoms with Gasteiger partial charge in [-0.2, -0.15) is 0 Å². The van der Waals surface area contributed by atoms with Crippen LogP contribution >= 0.6 is 0 Å². The highest BCUT2D eigenvalue weighted by molar-refractivity contribution is 5.96. The van der Waals surface area contributed by atoms with Crippen molar-refractivity contribution < 1.29 is 57.7 Å². The molecule has 68 heavy (non-hydrogen) atoms. The second kappa shape index (κ2) is 28.5. The summed E-state index contributed by atoms with van der Waals surface area (Å²) in [4.78, 5) is 114. The van der Waals surface area contributed by atoms with Gasteiger partial charge in [-0.05, 0) is 104 Å². The van der Waals surface area contributed by atoms with Gasteiger partial charge in [0.15, 0.2) is 6.10 Å². The Bertz CT molecular complexity index is 1790. The zero-order valence-corrected chi connectivity index (χ0v) is 44.1. The van der Waals surface area contributed by atoms with Crippen LogP contribution < -0.4 is 16.0 Å². The highest BCUT2D eigenvalue weighted by Gasteiger charge is 2.39. The average Bonchev–Trinajstić information content (AvgIpc) is 3.25. The second-order valence-electron chi connectivity index (χ2n) is 20.2. The summed E-state index contributed by atoms with van der Waals surface area (Å²) in [5.41, 5.74) is 0.0856. The van der Waals surface area contributed by atoms with Crippen LogP contribution in [0.3, 0.4) is 0 Å². The molecule has 0 fully saturated rings. The number of alkyl carbamates (subject to hydrolysis) is 1. The number of carbonyl (C=O) groups excluding carboxylic acids is 8. The standard InChI is InChI=1S/C50H86N6O12/c1-18-22-32(8)41-34(10)38(57)25-24-33(9)47(63)67-42(31(7)19-2)43(59)53-40(30(5)6)46(62)56(17)37(27-29(3)4)45(61)54(15)28-39(58)52-36(44(60)55(16)35(11)48(64)66-41)23-20-21-26-51-49(65)68-50(12,13)14/h22,24,29-31,34-38,40-42,57H,18-21,23,25-28H2,1-17H3,(H,51,65)(H,52,58)(H,53,59)/b32-22+,33-24+/t31-,34-,35-,36?,37+,38-,40-,41?,42+/m0/s1. The van der Waals surface area contributed by atoms with Crippen LogP contribution in [0.4, 0.5) is 4.79 Å². The topological polar surface area (TPSA) is 230 Å². The predicted molar refractivity (Wildman–Crippen MR) is 259 cm³/mol. The van der Waals surface area contributed by atoms with Gasteiger partial charge in [-0.15, -0.1) is 0 Å². The number of hydrogen-bond donors (Lipinski definition) is 4. The third-order valence-electron chi connectivity index (χ3n) is 12.2. The number of esters is 2. The number of amides is 6. The number of ether oxygens (including phenoxy) is 3. The van der Waals surface area contributed by atoms with E-state index in [0.29, 0.717) is 31.3 Å². The molecule has 0 aliphatic carbocycles. The van der Waals surface area contributed by atoms with Gasteiger partial charge in [-0.25, -0.2) is 14.4 Å². The minimum Gasteiger partial charge on any atom is -0.456 e. The molecule has 0 aromatic heterocycles. The summed E-state index contributed by atoms with van der Waals surface area (Å²) in [6, 6.07) is -4.51. The van der Waals surface area contributed by atoms with Crippen LogP contribution in [-0.2, 0) is 47.8 Å². The molecule has 4 N–H and O–H groups in total.